The molecule has 1 fully saturated rings. The van der Waals surface area contributed by atoms with Crippen molar-refractivity contribution in [1.29, 1.82) is 0 Å². The number of oxazole rings is 1. The largest absolute Gasteiger partial charge is 0.443 e. The fourth-order valence-electron chi connectivity index (χ4n) is 2.80. The van der Waals surface area contributed by atoms with Gasteiger partial charge in [-0.1, -0.05) is 6.07 Å². The summed E-state index contributed by atoms with van der Waals surface area (Å²) >= 11 is 0. The highest BCUT2D eigenvalue weighted by Crippen LogP contribution is 2.18. The molecule has 22 heavy (non-hydrogen) atoms. The van der Waals surface area contributed by atoms with E-state index in [0.29, 0.717) is 19.6 Å². The number of rotatable bonds is 3. The summed E-state index contributed by atoms with van der Waals surface area (Å²) in [5.74, 6) is 0.129. The third-order valence-electron chi connectivity index (χ3n) is 4.17. The highest BCUT2D eigenvalue weighted by Gasteiger charge is 2.25. The van der Waals surface area contributed by atoms with E-state index < -0.39 is 0 Å². The van der Waals surface area contributed by atoms with Gasteiger partial charge in [0.15, 0.2) is 12.0 Å². The van der Waals surface area contributed by atoms with Crippen LogP contribution in [0.5, 0.6) is 0 Å². The summed E-state index contributed by atoms with van der Waals surface area (Å²) in [6.07, 6.45) is 2.87. The van der Waals surface area contributed by atoms with Crippen molar-refractivity contribution >= 4 is 22.9 Å². The van der Waals surface area contributed by atoms with Crippen LogP contribution in [-0.4, -0.2) is 34.8 Å². The van der Waals surface area contributed by atoms with E-state index in [0.717, 1.165) is 29.5 Å². The standard InChI is InChI=1S/C16H19N3O3/c1-11(20)19-6-4-13(5-7-19)16(21)17-9-12-2-3-14-15(8-12)22-10-18-14/h2-3,8,10,13H,4-7,9H2,1H3,(H,17,21). The summed E-state index contributed by atoms with van der Waals surface area (Å²) in [4.78, 5) is 29.4. The van der Waals surface area contributed by atoms with E-state index in [1.807, 2.05) is 18.2 Å². The van der Waals surface area contributed by atoms with E-state index >= 15 is 0 Å². The Morgan fingerprint density at radius 3 is 2.86 bits per heavy atom. The van der Waals surface area contributed by atoms with Gasteiger partial charge in [-0.25, -0.2) is 4.98 Å². The zero-order valence-corrected chi connectivity index (χ0v) is 12.5. The van der Waals surface area contributed by atoms with E-state index in [1.54, 1.807) is 11.8 Å². The molecule has 0 radical (unpaired) electrons. The van der Waals surface area contributed by atoms with Gasteiger partial charge in [-0.15, -0.1) is 0 Å². The van der Waals surface area contributed by atoms with Crippen LogP contribution in [0.25, 0.3) is 11.1 Å². The first-order valence-electron chi connectivity index (χ1n) is 7.49. The normalized spacial score (nSPS) is 16.0. The molecule has 1 aliphatic heterocycles. The fraction of sp³-hybridized carbons (Fsp3) is 0.438. The molecule has 0 unspecified atom stereocenters. The number of nitrogens with zero attached hydrogens (tertiary/aromatic N) is 2. The Morgan fingerprint density at radius 1 is 1.36 bits per heavy atom. The molecule has 1 N–H and O–H groups in total. The van der Waals surface area contributed by atoms with Crippen molar-refractivity contribution in [2.24, 2.45) is 5.92 Å². The van der Waals surface area contributed by atoms with E-state index in [9.17, 15) is 9.59 Å². The van der Waals surface area contributed by atoms with Gasteiger partial charge in [-0.2, -0.15) is 0 Å². The smallest absolute Gasteiger partial charge is 0.223 e. The molecule has 1 aromatic carbocycles. The maximum Gasteiger partial charge on any atom is 0.223 e. The maximum atomic E-state index is 12.2. The third kappa shape index (κ3) is 3.10. The summed E-state index contributed by atoms with van der Waals surface area (Å²) in [6, 6.07) is 5.70. The summed E-state index contributed by atoms with van der Waals surface area (Å²) in [5.41, 5.74) is 2.52. The third-order valence-corrected chi connectivity index (χ3v) is 4.17. The molecule has 0 spiro atoms. The van der Waals surface area contributed by atoms with Gasteiger partial charge >= 0.3 is 0 Å². The van der Waals surface area contributed by atoms with Gasteiger partial charge in [-0.3, -0.25) is 9.59 Å². The molecule has 0 saturated carbocycles. The number of hydrogen-bond acceptors (Lipinski definition) is 4. The fourth-order valence-corrected chi connectivity index (χ4v) is 2.80. The first kappa shape index (κ1) is 14.6. The molecule has 6 nitrogen and oxygen atoms in total. The van der Waals surface area contributed by atoms with Crippen LogP contribution in [0, 0.1) is 5.92 Å². The monoisotopic (exact) mass is 301 g/mol. The van der Waals surface area contributed by atoms with Gasteiger partial charge in [-0.05, 0) is 30.5 Å². The SMILES string of the molecule is CC(=O)N1CCC(C(=O)NCc2ccc3ncoc3c2)CC1. The molecule has 2 aromatic rings. The lowest BCUT2D eigenvalue weighted by Crippen LogP contribution is -2.42. The van der Waals surface area contributed by atoms with Crippen LogP contribution in [0.1, 0.15) is 25.3 Å². The van der Waals surface area contributed by atoms with Crippen LogP contribution in [0.3, 0.4) is 0 Å². The van der Waals surface area contributed by atoms with E-state index in [2.05, 4.69) is 10.3 Å². The second kappa shape index (κ2) is 6.17. The summed E-state index contributed by atoms with van der Waals surface area (Å²) in [7, 11) is 0. The van der Waals surface area contributed by atoms with Crippen molar-refractivity contribution in [3.05, 3.63) is 30.2 Å². The van der Waals surface area contributed by atoms with Gasteiger partial charge in [0.2, 0.25) is 11.8 Å². The van der Waals surface area contributed by atoms with Crippen LogP contribution in [-0.2, 0) is 16.1 Å². The lowest BCUT2D eigenvalue weighted by atomic mass is 9.96. The Hall–Kier alpha value is -2.37. The predicted molar refractivity (Wildman–Crippen MR) is 80.8 cm³/mol. The van der Waals surface area contributed by atoms with E-state index in [4.69, 9.17) is 4.42 Å². The molecule has 1 aromatic heterocycles. The quantitative estimate of drug-likeness (QED) is 0.936. The molecule has 0 atom stereocenters. The van der Waals surface area contributed by atoms with Crippen molar-refractivity contribution in [3.63, 3.8) is 0 Å². The summed E-state index contributed by atoms with van der Waals surface area (Å²) in [6.45, 7) is 3.37. The van der Waals surface area contributed by atoms with Gasteiger partial charge in [0.05, 0.1) is 0 Å². The van der Waals surface area contributed by atoms with Crippen LogP contribution in [0.15, 0.2) is 29.0 Å². The topological polar surface area (TPSA) is 75.4 Å². The average molecular weight is 301 g/mol. The minimum atomic E-state index is -0.00962. The van der Waals surface area contributed by atoms with Gasteiger partial charge < -0.3 is 14.6 Å². The van der Waals surface area contributed by atoms with Crippen LogP contribution in [0.2, 0.25) is 0 Å². The number of piperidine rings is 1. The highest BCUT2D eigenvalue weighted by molar-refractivity contribution is 5.80. The Morgan fingerprint density at radius 2 is 2.14 bits per heavy atom. The molecule has 116 valence electrons. The molecule has 6 heteroatoms. The molecular weight excluding hydrogens is 282 g/mol. The number of fused-ring (bicyclic) bond motifs is 1. The predicted octanol–water partition coefficient (Wildman–Crippen LogP) is 1.70. The number of hydrogen-bond donors (Lipinski definition) is 1. The zero-order chi connectivity index (χ0) is 15.5. The van der Waals surface area contributed by atoms with E-state index in [1.165, 1.54) is 6.39 Å². The first-order chi connectivity index (χ1) is 10.6. The molecule has 0 aliphatic carbocycles. The second-order valence-electron chi connectivity index (χ2n) is 5.65. The van der Waals surface area contributed by atoms with Crippen molar-refractivity contribution in [3.8, 4) is 0 Å². The molecule has 0 bridgehead atoms. The number of aromatic nitrogens is 1. The average Bonchev–Trinajstić information content (AvgIpc) is 3.00. The number of carbonyl (C=O) groups is 2. The highest BCUT2D eigenvalue weighted by atomic mass is 16.3. The molecule has 1 aliphatic rings. The molecule has 1 saturated heterocycles. The Bertz CT molecular complexity index is 687. The van der Waals surface area contributed by atoms with Crippen LogP contribution < -0.4 is 5.32 Å². The van der Waals surface area contributed by atoms with Gasteiger partial charge in [0.1, 0.15) is 5.52 Å². The molecule has 3 rings (SSSR count). The van der Waals surface area contributed by atoms with Crippen LogP contribution >= 0.6 is 0 Å². The first-order valence-corrected chi connectivity index (χ1v) is 7.49. The Labute approximate surface area is 128 Å². The number of likely N-dealkylation sites (tertiary alicyclic amines) is 1. The van der Waals surface area contributed by atoms with Crippen molar-refractivity contribution in [1.82, 2.24) is 15.2 Å². The Balaban J connectivity index is 1.53. The number of nitrogens with one attached hydrogen (secondary N) is 1. The summed E-state index contributed by atoms with van der Waals surface area (Å²) < 4.78 is 5.25. The lowest BCUT2D eigenvalue weighted by Gasteiger charge is -2.30. The van der Waals surface area contributed by atoms with Crippen molar-refractivity contribution in [2.75, 3.05) is 13.1 Å². The minimum Gasteiger partial charge on any atom is -0.443 e. The van der Waals surface area contributed by atoms with E-state index in [-0.39, 0.29) is 17.7 Å². The van der Waals surface area contributed by atoms with Crippen molar-refractivity contribution < 1.29 is 14.0 Å². The number of carbonyl (C=O) groups excluding carboxylic acids is 2. The number of benzene rings is 1. The maximum absolute atomic E-state index is 12.2. The molecule has 2 heterocycles. The Kier molecular flexibility index (Phi) is 4.09. The van der Waals surface area contributed by atoms with Gasteiger partial charge in [0, 0.05) is 32.5 Å². The zero-order valence-electron chi connectivity index (χ0n) is 12.5. The van der Waals surface area contributed by atoms with Crippen molar-refractivity contribution in [2.45, 2.75) is 26.3 Å². The summed E-state index contributed by atoms with van der Waals surface area (Å²) in [5, 5.41) is 2.97. The lowest BCUT2D eigenvalue weighted by molar-refractivity contribution is -0.134. The molecule has 2 amide bonds. The minimum absolute atomic E-state index is 0.00962. The second-order valence-corrected chi connectivity index (χ2v) is 5.65. The number of amides is 2. The molecular formula is C16H19N3O3. The van der Waals surface area contributed by atoms with Gasteiger partial charge in [0.25, 0.3) is 0 Å². The van der Waals surface area contributed by atoms with Crippen LogP contribution in [0.4, 0.5) is 0 Å².